The summed E-state index contributed by atoms with van der Waals surface area (Å²) >= 11 is 0. The molecule has 1 aromatic carbocycles. The van der Waals surface area contributed by atoms with Crippen molar-refractivity contribution >= 4 is 12.0 Å². The van der Waals surface area contributed by atoms with Gasteiger partial charge < -0.3 is 10.0 Å². The zero-order chi connectivity index (χ0) is 12.4. The van der Waals surface area contributed by atoms with Crippen molar-refractivity contribution in [2.75, 3.05) is 18.0 Å². The number of piperidine rings is 1. The second-order valence-corrected chi connectivity index (χ2v) is 4.96. The predicted octanol–water partition coefficient (Wildman–Crippen LogP) is 2.01. The largest absolute Gasteiger partial charge is 0.393 e. The van der Waals surface area contributed by atoms with Gasteiger partial charge in [0.2, 0.25) is 0 Å². The van der Waals surface area contributed by atoms with E-state index in [-0.39, 0.29) is 12.0 Å². The maximum absolute atomic E-state index is 11.1. The highest BCUT2D eigenvalue weighted by Crippen LogP contribution is 2.26. The van der Waals surface area contributed by atoms with Gasteiger partial charge >= 0.3 is 0 Å². The number of hydrogen-bond acceptors (Lipinski definition) is 3. The van der Waals surface area contributed by atoms with Crippen LogP contribution in [0.3, 0.4) is 0 Å². The fourth-order valence-electron chi connectivity index (χ4n) is 2.41. The van der Waals surface area contributed by atoms with Crippen molar-refractivity contribution in [1.29, 1.82) is 0 Å². The molecule has 1 N–H and O–H groups in total. The van der Waals surface area contributed by atoms with Crippen LogP contribution in [0.1, 0.15) is 29.3 Å². The van der Waals surface area contributed by atoms with Gasteiger partial charge in [-0.2, -0.15) is 0 Å². The minimum atomic E-state index is -0.212. The van der Waals surface area contributed by atoms with E-state index in [1.807, 2.05) is 32.0 Å². The van der Waals surface area contributed by atoms with Crippen LogP contribution in [0.25, 0.3) is 0 Å². The molecule has 0 bridgehead atoms. The van der Waals surface area contributed by atoms with Gasteiger partial charge in [-0.05, 0) is 31.4 Å². The van der Waals surface area contributed by atoms with Gasteiger partial charge in [0.25, 0.3) is 0 Å². The molecule has 1 fully saturated rings. The molecule has 0 saturated carbocycles. The molecule has 92 valence electrons. The van der Waals surface area contributed by atoms with Crippen molar-refractivity contribution in [1.82, 2.24) is 0 Å². The van der Waals surface area contributed by atoms with Crippen molar-refractivity contribution in [2.45, 2.75) is 26.4 Å². The number of aliphatic hydroxyl groups is 1. The van der Waals surface area contributed by atoms with Gasteiger partial charge in [0.15, 0.2) is 6.29 Å². The number of aliphatic hydroxyl groups excluding tert-OH is 1. The molecule has 2 atom stereocenters. The molecular weight excluding hydrogens is 214 g/mol. The van der Waals surface area contributed by atoms with E-state index >= 15 is 0 Å². The van der Waals surface area contributed by atoms with Gasteiger partial charge in [0.05, 0.1) is 6.10 Å². The van der Waals surface area contributed by atoms with Gasteiger partial charge in [-0.25, -0.2) is 0 Å². The number of hydrogen-bond donors (Lipinski definition) is 1. The minimum absolute atomic E-state index is 0.212. The van der Waals surface area contributed by atoms with Crippen LogP contribution in [0.15, 0.2) is 18.2 Å². The molecule has 2 unspecified atom stereocenters. The van der Waals surface area contributed by atoms with Gasteiger partial charge in [-0.3, -0.25) is 4.79 Å². The number of benzene rings is 1. The molecule has 1 saturated heterocycles. The lowest BCUT2D eigenvalue weighted by Gasteiger charge is -2.36. The second-order valence-electron chi connectivity index (χ2n) is 4.96. The van der Waals surface area contributed by atoms with Crippen molar-refractivity contribution in [3.63, 3.8) is 0 Å². The molecular formula is C14H19NO2. The topological polar surface area (TPSA) is 40.5 Å². The minimum Gasteiger partial charge on any atom is -0.393 e. The highest BCUT2D eigenvalue weighted by molar-refractivity contribution is 5.85. The van der Waals surface area contributed by atoms with E-state index in [2.05, 4.69) is 4.90 Å². The van der Waals surface area contributed by atoms with E-state index in [1.54, 1.807) is 0 Å². The summed E-state index contributed by atoms with van der Waals surface area (Å²) in [7, 11) is 0. The van der Waals surface area contributed by atoms with E-state index in [9.17, 15) is 9.90 Å². The van der Waals surface area contributed by atoms with Crippen LogP contribution in [-0.2, 0) is 0 Å². The maximum Gasteiger partial charge on any atom is 0.152 e. The average molecular weight is 233 g/mol. The van der Waals surface area contributed by atoms with Crippen LogP contribution >= 0.6 is 0 Å². The molecule has 3 nitrogen and oxygen atoms in total. The average Bonchev–Trinajstić information content (AvgIpc) is 2.32. The number of aldehydes is 1. The van der Waals surface area contributed by atoms with Crippen LogP contribution in [0, 0.1) is 12.8 Å². The highest BCUT2D eigenvalue weighted by Gasteiger charge is 2.25. The lowest BCUT2D eigenvalue weighted by molar-refractivity contribution is 0.0970. The molecule has 0 aliphatic carbocycles. The third-order valence-electron chi connectivity index (χ3n) is 3.51. The number of anilines is 1. The van der Waals surface area contributed by atoms with E-state index in [4.69, 9.17) is 0 Å². The number of carbonyl (C=O) groups is 1. The summed E-state index contributed by atoms with van der Waals surface area (Å²) in [4.78, 5) is 13.3. The predicted molar refractivity (Wildman–Crippen MR) is 68.6 cm³/mol. The number of aryl methyl sites for hydroxylation is 1. The van der Waals surface area contributed by atoms with Crippen molar-refractivity contribution in [3.05, 3.63) is 29.3 Å². The smallest absolute Gasteiger partial charge is 0.152 e. The van der Waals surface area contributed by atoms with E-state index in [0.717, 1.165) is 42.6 Å². The third-order valence-corrected chi connectivity index (χ3v) is 3.51. The molecule has 1 aromatic rings. The summed E-state index contributed by atoms with van der Waals surface area (Å²) in [5.74, 6) is 0.254. The van der Waals surface area contributed by atoms with E-state index in [1.165, 1.54) is 0 Å². The first-order valence-corrected chi connectivity index (χ1v) is 6.10. The lowest BCUT2D eigenvalue weighted by Crippen LogP contribution is -2.42. The molecule has 1 aliphatic heterocycles. The summed E-state index contributed by atoms with van der Waals surface area (Å²) in [5, 5.41) is 9.72. The molecule has 2 rings (SSSR count). The van der Waals surface area contributed by atoms with Crippen molar-refractivity contribution < 1.29 is 9.90 Å². The normalized spacial score (nSPS) is 24.8. The third kappa shape index (κ3) is 2.50. The first-order valence-electron chi connectivity index (χ1n) is 6.10. The van der Waals surface area contributed by atoms with Gasteiger partial charge in [-0.15, -0.1) is 0 Å². The molecule has 1 heterocycles. The van der Waals surface area contributed by atoms with Gasteiger partial charge in [-0.1, -0.05) is 18.6 Å². The Morgan fingerprint density at radius 2 is 2.24 bits per heavy atom. The van der Waals surface area contributed by atoms with E-state index < -0.39 is 0 Å². The summed E-state index contributed by atoms with van der Waals surface area (Å²) < 4.78 is 0. The molecule has 1 aliphatic rings. The Morgan fingerprint density at radius 3 is 2.88 bits per heavy atom. The first kappa shape index (κ1) is 12.1. The summed E-state index contributed by atoms with van der Waals surface area (Å²) in [6, 6.07) is 5.94. The second kappa shape index (κ2) is 4.88. The molecule has 3 heteroatoms. The number of rotatable bonds is 2. The maximum atomic E-state index is 11.1. The van der Waals surface area contributed by atoms with E-state index in [0.29, 0.717) is 0 Å². The number of carbonyl (C=O) groups excluding carboxylic acids is 1. The van der Waals surface area contributed by atoms with Crippen LogP contribution in [-0.4, -0.2) is 30.6 Å². The Bertz CT molecular complexity index is 417. The quantitative estimate of drug-likeness (QED) is 0.794. The zero-order valence-electron chi connectivity index (χ0n) is 10.4. The fourth-order valence-corrected chi connectivity index (χ4v) is 2.41. The summed E-state index contributed by atoms with van der Waals surface area (Å²) in [5.41, 5.74) is 2.83. The SMILES string of the molecule is Cc1ccc(N2CCC(O)C(C)C2)c(C=O)c1. The summed E-state index contributed by atoms with van der Waals surface area (Å²) in [6.07, 6.45) is 1.47. The number of nitrogens with zero attached hydrogens (tertiary/aromatic N) is 1. The van der Waals surface area contributed by atoms with Crippen LogP contribution in [0.4, 0.5) is 5.69 Å². The Morgan fingerprint density at radius 1 is 1.47 bits per heavy atom. The monoisotopic (exact) mass is 233 g/mol. The van der Waals surface area contributed by atoms with Gasteiger partial charge in [0, 0.05) is 24.3 Å². The molecule has 0 spiro atoms. The standard InChI is InChI=1S/C14H19NO2/c1-10-3-4-13(12(7-10)9-16)15-6-5-14(17)11(2)8-15/h3-4,7,9,11,14,17H,5-6,8H2,1-2H3. The first-order chi connectivity index (χ1) is 8.11. The van der Waals surface area contributed by atoms with Crippen LogP contribution < -0.4 is 4.90 Å². The van der Waals surface area contributed by atoms with Crippen LogP contribution in [0.5, 0.6) is 0 Å². The Kier molecular flexibility index (Phi) is 3.48. The molecule has 17 heavy (non-hydrogen) atoms. The Balaban J connectivity index is 2.25. The highest BCUT2D eigenvalue weighted by atomic mass is 16.3. The van der Waals surface area contributed by atoms with Crippen molar-refractivity contribution in [3.8, 4) is 0 Å². The fraction of sp³-hybridized carbons (Fsp3) is 0.500. The Labute approximate surface area is 102 Å². The molecule has 0 radical (unpaired) electrons. The van der Waals surface area contributed by atoms with Crippen LogP contribution in [0.2, 0.25) is 0 Å². The summed E-state index contributed by atoms with van der Waals surface area (Å²) in [6.45, 7) is 5.66. The molecule has 0 aromatic heterocycles. The lowest BCUT2D eigenvalue weighted by atomic mass is 9.95. The Hall–Kier alpha value is -1.35. The zero-order valence-corrected chi connectivity index (χ0v) is 10.4. The van der Waals surface area contributed by atoms with Crippen molar-refractivity contribution in [2.24, 2.45) is 5.92 Å². The molecule has 0 amide bonds. The van der Waals surface area contributed by atoms with Gasteiger partial charge in [0.1, 0.15) is 0 Å².